The van der Waals surface area contributed by atoms with Crippen LogP contribution in [-0.2, 0) is 6.42 Å². The van der Waals surface area contributed by atoms with E-state index in [-0.39, 0.29) is 5.91 Å². The van der Waals surface area contributed by atoms with E-state index in [1.807, 2.05) is 13.8 Å². The van der Waals surface area contributed by atoms with Crippen LogP contribution in [0.1, 0.15) is 34.2 Å². The molecule has 1 heterocycles. The molecule has 0 radical (unpaired) electrons. The Kier molecular flexibility index (Phi) is 5.99. The number of ether oxygens (including phenoxy) is 3. The average Bonchev–Trinajstić information content (AvgIpc) is 3.01. The second-order valence-electron chi connectivity index (χ2n) is 5.18. The summed E-state index contributed by atoms with van der Waals surface area (Å²) >= 11 is 0. The third-order valence-electron chi connectivity index (χ3n) is 3.78. The van der Waals surface area contributed by atoms with Crippen LogP contribution in [0.25, 0.3) is 0 Å². The molecule has 0 atom stereocenters. The summed E-state index contributed by atoms with van der Waals surface area (Å²) in [5.41, 5.74) is 5.17. The molecule has 0 aliphatic heterocycles. The summed E-state index contributed by atoms with van der Waals surface area (Å²) in [7, 11) is 4.62. The molecule has 0 bridgehead atoms. The van der Waals surface area contributed by atoms with Crippen LogP contribution in [-0.4, -0.2) is 43.6 Å². The Morgan fingerprint density at radius 2 is 1.84 bits per heavy atom. The molecule has 2 rings (SSSR count). The number of carbonyl (C=O) groups is 1. The normalized spacial score (nSPS) is 10.8. The van der Waals surface area contributed by atoms with Crippen LogP contribution < -0.4 is 19.6 Å². The minimum absolute atomic E-state index is 0.327. The van der Waals surface area contributed by atoms with Crippen molar-refractivity contribution < 1.29 is 19.0 Å². The zero-order valence-electron chi connectivity index (χ0n) is 15.0. The first-order chi connectivity index (χ1) is 12.0. The van der Waals surface area contributed by atoms with Crippen molar-refractivity contribution in [2.75, 3.05) is 21.3 Å². The molecule has 1 aromatic heterocycles. The van der Waals surface area contributed by atoms with Crippen molar-refractivity contribution in [3.05, 3.63) is 34.6 Å². The highest BCUT2D eigenvalue weighted by molar-refractivity contribution is 5.95. The number of nitrogens with one attached hydrogen (secondary N) is 2. The molecule has 0 unspecified atom stereocenters. The van der Waals surface area contributed by atoms with Crippen molar-refractivity contribution in [2.45, 2.75) is 20.3 Å². The molecule has 25 heavy (non-hydrogen) atoms. The number of aromatic nitrogens is 2. The summed E-state index contributed by atoms with van der Waals surface area (Å²) in [4.78, 5) is 12.2. The van der Waals surface area contributed by atoms with Crippen LogP contribution in [0.3, 0.4) is 0 Å². The van der Waals surface area contributed by atoms with E-state index in [2.05, 4.69) is 20.7 Å². The van der Waals surface area contributed by atoms with Gasteiger partial charge in [-0.05, 0) is 19.4 Å². The molecule has 0 spiro atoms. The molecule has 8 nitrogen and oxygen atoms in total. The molecule has 1 amide bonds. The lowest BCUT2D eigenvalue weighted by atomic mass is 10.1. The molecule has 0 aliphatic rings. The standard InChI is InChI=1S/C17H22N4O4/c1-6-12-10(2)16(20-19-12)17(22)21-18-9-11-7-14(24-4)15(25-5)8-13(11)23-3/h7-9H,6H2,1-5H3,(H,19,20)(H,21,22). The van der Waals surface area contributed by atoms with Crippen molar-refractivity contribution in [1.29, 1.82) is 0 Å². The molecule has 8 heteroatoms. The molecule has 0 saturated carbocycles. The van der Waals surface area contributed by atoms with E-state index in [0.717, 1.165) is 17.7 Å². The van der Waals surface area contributed by atoms with Gasteiger partial charge in [-0.2, -0.15) is 10.2 Å². The quantitative estimate of drug-likeness (QED) is 0.591. The highest BCUT2D eigenvalue weighted by atomic mass is 16.5. The van der Waals surface area contributed by atoms with E-state index in [0.29, 0.717) is 28.5 Å². The summed E-state index contributed by atoms with van der Waals surface area (Å²) in [6.45, 7) is 3.84. The van der Waals surface area contributed by atoms with Crippen molar-refractivity contribution >= 4 is 12.1 Å². The van der Waals surface area contributed by atoms with Crippen molar-refractivity contribution in [1.82, 2.24) is 15.6 Å². The number of rotatable bonds is 7. The first-order valence-corrected chi connectivity index (χ1v) is 7.72. The Morgan fingerprint density at radius 1 is 1.20 bits per heavy atom. The number of benzene rings is 1. The summed E-state index contributed by atoms with van der Waals surface area (Å²) in [5.74, 6) is 1.23. The van der Waals surface area contributed by atoms with Gasteiger partial charge in [0.1, 0.15) is 5.75 Å². The van der Waals surface area contributed by atoms with Crippen LogP contribution in [0.4, 0.5) is 0 Å². The van der Waals surface area contributed by atoms with E-state index in [1.54, 1.807) is 26.4 Å². The van der Waals surface area contributed by atoms with Crippen LogP contribution in [0.2, 0.25) is 0 Å². The zero-order valence-corrected chi connectivity index (χ0v) is 15.0. The van der Waals surface area contributed by atoms with Gasteiger partial charge in [-0.15, -0.1) is 0 Å². The van der Waals surface area contributed by atoms with Crippen molar-refractivity contribution in [2.24, 2.45) is 5.10 Å². The van der Waals surface area contributed by atoms with Gasteiger partial charge < -0.3 is 14.2 Å². The highest BCUT2D eigenvalue weighted by Crippen LogP contribution is 2.33. The minimum Gasteiger partial charge on any atom is -0.496 e. The minimum atomic E-state index is -0.385. The highest BCUT2D eigenvalue weighted by Gasteiger charge is 2.15. The van der Waals surface area contributed by atoms with Crippen molar-refractivity contribution in [3.8, 4) is 17.2 Å². The summed E-state index contributed by atoms with van der Waals surface area (Å²) in [5, 5.41) is 10.8. The molecule has 0 aliphatic carbocycles. The largest absolute Gasteiger partial charge is 0.496 e. The second kappa shape index (κ2) is 8.18. The maximum absolute atomic E-state index is 12.2. The topological polar surface area (TPSA) is 97.8 Å². The van der Waals surface area contributed by atoms with Gasteiger partial charge in [0.05, 0.1) is 27.5 Å². The van der Waals surface area contributed by atoms with Gasteiger partial charge in [-0.3, -0.25) is 9.89 Å². The van der Waals surface area contributed by atoms with Gasteiger partial charge in [0.2, 0.25) is 0 Å². The number of carbonyl (C=O) groups excluding carboxylic acids is 1. The smallest absolute Gasteiger partial charge is 0.292 e. The monoisotopic (exact) mass is 346 g/mol. The summed E-state index contributed by atoms with van der Waals surface area (Å²) in [6, 6.07) is 3.40. The predicted octanol–water partition coefficient (Wildman–Crippen LogP) is 2.07. The number of hydrazone groups is 1. The third-order valence-corrected chi connectivity index (χ3v) is 3.78. The Balaban J connectivity index is 2.18. The number of hydrogen-bond acceptors (Lipinski definition) is 6. The molecular formula is C17H22N4O4. The van der Waals surface area contributed by atoms with E-state index >= 15 is 0 Å². The first kappa shape index (κ1) is 18.3. The molecule has 0 fully saturated rings. The van der Waals surface area contributed by atoms with E-state index < -0.39 is 0 Å². The lowest BCUT2D eigenvalue weighted by Gasteiger charge is -2.11. The maximum Gasteiger partial charge on any atom is 0.292 e. The number of hydrogen-bond donors (Lipinski definition) is 2. The fraction of sp³-hybridized carbons (Fsp3) is 0.353. The Labute approximate surface area is 146 Å². The molecular weight excluding hydrogens is 324 g/mol. The SMILES string of the molecule is CCc1[nH]nc(C(=O)NN=Cc2cc(OC)c(OC)cc2OC)c1C. The number of nitrogens with zero attached hydrogens (tertiary/aromatic N) is 2. The van der Waals surface area contributed by atoms with Gasteiger partial charge in [-0.25, -0.2) is 5.43 Å². The van der Waals surface area contributed by atoms with Crippen LogP contribution >= 0.6 is 0 Å². The van der Waals surface area contributed by atoms with Gasteiger partial charge >= 0.3 is 0 Å². The second-order valence-corrected chi connectivity index (χ2v) is 5.18. The summed E-state index contributed by atoms with van der Waals surface area (Å²) in [6.07, 6.45) is 2.25. The first-order valence-electron chi connectivity index (χ1n) is 7.72. The molecule has 2 aromatic rings. The maximum atomic E-state index is 12.2. The van der Waals surface area contributed by atoms with Gasteiger partial charge in [0, 0.05) is 22.9 Å². The Bertz CT molecular complexity index is 783. The lowest BCUT2D eigenvalue weighted by Crippen LogP contribution is -2.19. The van der Waals surface area contributed by atoms with Crippen LogP contribution in [0.15, 0.2) is 17.2 Å². The summed E-state index contributed by atoms with van der Waals surface area (Å²) < 4.78 is 15.8. The van der Waals surface area contributed by atoms with Crippen LogP contribution in [0, 0.1) is 6.92 Å². The number of aromatic amines is 1. The van der Waals surface area contributed by atoms with Crippen LogP contribution in [0.5, 0.6) is 17.2 Å². The van der Waals surface area contributed by atoms with E-state index in [1.165, 1.54) is 13.3 Å². The van der Waals surface area contributed by atoms with E-state index in [4.69, 9.17) is 14.2 Å². The zero-order chi connectivity index (χ0) is 18.4. The lowest BCUT2D eigenvalue weighted by molar-refractivity contribution is 0.0949. The molecule has 2 N–H and O–H groups in total. The molecule has 134 valence electrons. The number of amides is 1. The third kappa shape index (κ3) is 3.90. The number of H-pyrrole nitrogens is 1. The van der Waals surface area contributed by atoms with Gasteiger partial charge in [0.15, 0.2) is 17.2 Å². The number of methoxy groups -OCH3 is 3. The fourth-order valence-electron chi connectivity index (χ4n) is 2.37. The van der Waals surface area contributed by atoms with Gasteiger partial charge in [-0.1, -0.05) is 6.92 Å². The molecule has 1 aromatic carbocycles. The Hall–Kier alpha value is -3.03. The predicted molar refractivity (Wildman–Crippen MR) is 93.9 cm³/mol. The fourth-order valence-corrected chi connectivity index (χ4v) is 2.37. The van der Waals surface area contributed by atoms with Crippen molar-refractivity contribution in [3.63, 3.8) is 0 Å². The van der Waals surface area contributed by atoms with Gasteiger partial charge in [0.25, 0.3) is 5.91 Å². The van der Waals surface area contributed by atoms with E-state index in [9.17, 15) is 4.79 Å². The number of aryl methyl sites for hydroxylation is 1. The average molecular weight is 346 g/mol. The Morgan fingerprint density at radius 3 is 2.40 bits per heavy atom. The molecule has 0 saturated heterocycles.